The molecule has 0 unspecified atom stereocenters. The van der Waals surface area contributed by atoms with E-state index in [1.54, 1.807) is 35.1 Å². The summed E-state index contributed by atoms with van der Waals surface area (Å²) in [4.78, 5) is 17.2. The molecule has 1 saturated carbocycles. The number of hydrogen-bond donors (Lipinski definition) is 2. The van der Waals surface area contributed by atoms with Gasteiger partial charge in [0.05, 0.1) is 15.7 Å². The highest BCUT2D eigenvalue weighted by atomic mass is 35.5. The average Bonchev–Trinajstić information content (AvgIpc) is 3.27. The van der Waals surface area contributed by atoms with Crippen LogP contribution in [0.4, 0.5) is 5.69 Å². The van der Waals surface area contributed by atoms with E-state index >= 15 is 0 Å². The van der Waals surface area contributed by atoms with Crippen LogP contribution < -0.4 is 5.32 Å². The SMILES string of the molecule is O=C(Nc1cccc(-c2n[nH]c(C3CC3)n2)c1)c1ccn(-c2ccc(Cl)c(Cl)c2)n1. The van der Waals surface area contributed by atoms with E-state index < -0.39 is 0 Å². The van der Waals surface area contributed by atoms with Crippen molar-refractivity contribution in [1.82, 2.24) is 25.0 Å². The first kappa shape index (κ1) is 18.8. The second-order valence-corrected chi connectivity index (χ2v) is 7.91. The zero-order valence-corrected chi connectivity index (χ0v) is 17.2. The van der Waals surface area contributed by atoms with Gasteiger partial charge in [-0.25, -0.2) is 9.67 Å². The number of anilines is 1. The molecule has 2 aromatic carbocycles. The number of carbonyl (C=O) groups excluding carboxylic acids is 1. The lowest BCUT2D eigenvalue weighted by molar-refractivity contribution is 0.102. The molecule has 0 saturated heterocycles. The van der Waals surface area contributed by atoms with Crippen molar-refractivity contribution in [2.24, 2.45) is 0 Å². The molecule has 9 heteroatoms. The molecule has 1 aliphatic rings. The Morgan fingerprint density at radius 1 is 1.10 bits per heavy atom. The molecule has 7 nitrogen and oxygen atoms in total. The molecule has 2 N–H and O–H groups in total. The maximum Gasteiger partial charge on any atom is 0.276 e. The summed E-state index contributed by atoms with van der Waals surface area (Å²) < 4.78 is 1.57. The molecule has 5 rings (SSSR count). The van der Waals surface area contributed by atoms with Crippen LogP contribution in [0.15, 0.2) is 54.7 Å². The number of hydrogen-bond acceptors (Lipinski definition) is 4. The fourth-order valence-electron chi connectivity index (χ4n) is 3.09. The Bertz CT molecular complexity index is 1240. The molecule has 0 spiro atoms. The number of aromatic nitrogens is 5. The third kappa shape index (κ3) is 3.81. The molecule has 2 aromatic heterocycles. The summed E-state index contributed by atoms with van der Waals surface area (Å²) >= 11 is 12.0. The van der Waals surface area contributed by atoms with Crippen molar-refractivity contribution in [3.63, 3.8) is 0 Å². The van der Waals surface area contributed by atoms with Crippen LogP contribution in [-0.2, 0) is 0 Å². The van der Waals surface area contributed by atoms with Gasteiger partial charge < -0.3 is 5.32 Å². The number of benzene rings is 2. The van der Waals surface area contributed by atoms with Crippen molar-refractivity contribution in [1.29, 1.82) is 0 Å². The van der Waals surface area contributed by atoms with Crippen LogP contribution >= 0.6 is 23.2 Å². The van der Waals surface area contributed by atoms with Crippen molar-refractivity contribution in [2.45, 2.75) is 18.8 Å². The Hall–Kier alpha value is -3.16. The van der Waals surface area contributed by atoms with Crippen molar-refractivity contribution >= 4 is 34.8 Å². The summed E-state index contributed by atoms with van der Waals surface area (Å²) in [5.41, 5.74) is 2.46. The van der Waals surface area contributed by atoms with Crippen LogP contribution in [0.1, 0.15) is 35.1 Å². The van der Waals surface area contributed by atoms with Gasteiger partial charge in [0.1, 0.15) is 5.82 Å². The minimum Gasteiger partial charge on any atom is -0.321 e. The smallest absolute Gasteiger partial charge is 0.276 e. The molecule has 1 fully saturated rings. The molecule has 0 atom stereocenters. The predicted molar refractivity (Wildman–Crippen MR) is 115 cm³/mol. The molecule has 4 aromatic rings. The molecule has 30 heavy (non-hydrogen) atoms. The summed E-state index contributed by atoms with van der Waals surface area (Å²) in [7, 11) is 0. The van der Waals surface area contributed by atoms with E-state index in [2.05, 4.69) is 25.6 Å². The first-order valence-corrected chi connectivity index (χ1v) is 10.2. The molecule has 150 valence electrons. The van der Waals surface area contributed by atoms with Gasteiger partial charge in [-0.05, 0) is 49.2 Å². The van der Waals surface area contributed by atoms with Crippen LogP contribution in [0.2, 0.25) is 10.0 Å². The Kier molecular flexibility index (Phi) is 4.77. The third-order valence-electron chi connectivity index (χ3n) is 4.83. The minimum atomic E-state index is -0.320. The largest absolute Gasteiger partial charge is 0.321 e. The molecule has 1 amide bonds. The van der Waals surface area contributed by atoms with E-state index in [0.29, 0.717) is 33.2 Å². The third-order valence-corrected chi connectivity index (χ3v) is 5.57. The first-order valence-electron chi connectivity index (χ1n) is 9.42. The monoisotopic (exact) mass is 438 g/mol. The zero-order chi connectivity index (χ0) is 20.7. The van der Waals surface area contributed by atoms with Gasteiger partial charge in [0.2, 0.25) is 0 Å². The van der Waals surface area contributed by atoms with Gasteiger partial charge >= 0.3 is 0 Å². The highest BCUT2D eigenvalue weighted by molar-refractivity contribution is 6.42. The number of carbonyl (C=O) groups is 1. The maximum atomic E-state index is 12.7. The lowest BCUT2D eigenvalue weighted by Gasteiger charge is -2.05. The highest BCUT2D eigenvalue weighted by Crippen LogP contribution is 2.38. The number of nitrogens with zero attached hydrogens (tertiary/aromatic N) is 4. The van der Waals surface area contributed by atoms with Gasteiger partial charge in [0.15, 0.2) is 11.5 Å². The second-order valence-electron chi connectivity index (χ2n) is 7.10. The lowest BCUT2D eigenvalue weighted by atomic mass is 10.2. The Labute approximate surface area is 182 Å². The number of aromatic amines is 1. The normalized spacial score (nSPS) is 13.4. The van der Waals surface area contributed by atoms with Crippen LogP contribution in [-0.4, -0.2) is 30.9 Å². The van der Waals surface area contributed by atoms with E-state index in [-0.39, 0.29) is 11.6 Å². The Balaban J connectivity index is 1.33. The fraction of sp³-hybridized carbons (Fsp3) is 0.143. The summed E-state index contributed by atoms with van der Waals surface area (Å²) in [6.07, 6.45) is 4.00. The van der Waals surface area contributed by atoms with Gasteiger partial charge in [0.25, 0.3) is 5.91 Å². The molecule has 0 radical (unpaired) electrons. The van der Waals surface area contributed by atoms with E-state index in [4.69, 9.17) is 23.2 Å². The summed E-state index contributed by atoms with van der Waals surface area (Å²) in [5.74, 6) is 1.73. The van der Waals surface area contributed by atoms with Crippen molar-refractivity contribution in [3.05, 3.63) is 76.3 Å². The Morgan fingerprint density at radius 2 is 1.97 bits per heavy atom. The molecule has 0 aliphatic heterocycles. The fourth-order valence-corrected chi connectivity index (χ4v) is 3.38. The number of halogens is 2. The molecule has 1 aliphatic carbocycles. The molecular weight excluding hydrogens is 423 g/mol. The van der Waals surface area contributed by atoms with E-state index in [9.17, 15) is 4.79 Å². The topological polar surface area (TPSA) is 88.5 Å². The average molecular weight is 439 g/mol. The summed E-state index contributed by atoms with van der Waals surface area (Å²) in [6, 6.07) is 14.2. The zero-order valence-electron chi connectivity index (χ0n) is 15.6. The Morgan fingerprint density at radius 3 is 2.77 bits per heavy atom. The van der Waals surface area contributed by atoms with Gasteiger partial charge in [-0.15, -0.1) is 0 Å². The number of nitrogens with one attached hydrogen (secondary N) is 2. The van der Waals surface area contributed by atoms with Gasteiger partial charge in [-0.2, -0.15) is 10.2 Å². The highest BCUT2D eigenvalue weighted by Gasteiger charge is 2.27. The quantitative estimate of drug-likeness (QED) is 0.453. The van der Waals surface area contributed by atoms with Crippen LogP contribution in [0.3, 0.4) is 0 Å². The number of amides is 1. The van der Waals surface area contributed by atoms with Gasteiger partial charge in [-0.3, -0.25) is 9.89 Å². The summed E-state index contributed by atoms with van der Waals surface area (Å²) in [6.45, 7) is 0. The van der Waals surface area contributed by atoms with Crippen molar-refractivity contribution < 1.29 is 4.79 Å². The van der Waals surface area contributed by atoms with Crippen molar-refractivity contribution in [3.8, 4) is 17.1 Å². The van der Waals surface area contributed by atoms with E-state index in [0.717, 1.165) is 24.2 Å². The molecule has 0 bridgehead atoms. The molecular formula is C21H16Cl2N6O. The van der Waals surface area contributed by atoms with Crippen molar-refractivity contribution in [2.75, 3.05) is 5.32 Å². The number of rotatable bonds is 5. The molecule has 2 heterocycles. The van der Waals surface area contributed by atoms with Crippen LogP contribution in [0.25, 0.3) is 17.1 Å². The lowest BCUT2D eigenvalue weighted by Crippen LogP contribution is -2.13. The second kappa shape index (κ2) is 7.59. The van der Waals surface area contributed by atoms with Gasteiger partial charge in [0, 0.05) is 23.4 Å². The minimum absolute atomic E-state index is 0.278. The van der Waals surface area contributed by atoms with Crippen LogP contribution in [0, 0.1) is 0 Å². The summed E-state index contributed by atoms with van der Waals surface area (Å²) in [5, 5.41) is 15.4. The predicted octanol–water partition coefficient (Wildman–Crippen LogP) is 5.09. The maximum absolute atomic E-state index is 12.7. The van der Waals surface area contributed by atoms with E-state index in [1.807, 2.05) is 24.3 Å². The van der Waals surface area contributed by atoms with E-state index in [1.165, 1.54) is 0 Å². The number of H-pyrrole nitrogens is 1. The standard InChI is InChI=1S/C21H16Cl2N6O/c22-16-7-6-15(11-17(16)23)29-9-8-18(28-29)21(30)24-14-3-1-2-13(10-14)20-25-19(26-27-20)12-4-5-12/h1-3,6-12H,4-5H2,(H,24,30)(H,25,26,27). The first-order chi connectivity index (χ1) is 14.6. The van der Waals surface area contributed by atoms with Crippen LogP contribution in [0.5, 0.6) is 0 Å². The van der Waals surface area contributed by atoms with Gasteiger partial charge in [-0.1, -0.05) is 35.3 Å².